The Kier molecular flexibility index (Phi) is 4.88. The highest BCUT2D eigenvalue weighted by Gasteiger charge is 2.25. The number of ether oxygens (including phenoxy) is 1. The molecule has 5 nitrogen and oxygen atoms in total. The summed E-state index contributed by atoms with van der Waals surface area (Å²) >= 11 is 0. The van der Waals surface area contributed by atoms with Crippen LogP contribution in [0.2, 0.25) is 0 Å². The topological polar surface area (TPSA) is 81.4 Å². The summed E-state index contributed by atoms with van der Waals surface area (Å²) in [6.07, 6.45) is 3.39. The van der Waals surface area contributed by atoms with E-state index in [2.05, 4.69) is 4.72 Å². The second-order valence-corrected chi connectivity index (χ2v) is 7.31. The van der Waals surface area contributed by atoms with Gasteiger partial charge in [0.15, 0.2) is 0 Å². The van der Waals surface area contributed by atoms with Crippen molar-refractivity contribution in [1.29, 1.82) is 0 Å². The van der Waals surface area contributed by atoms with E-state index in [4.69, 9.17) is 10.5 Å². The Hall–Kier alpha value is -1.27. The highest BCUT2D eigenvalue weighted by atomic mass is 32.2. The largest absolute Gasteiger partial charge is 0.492 e. The molecule has 1 saturated carbocycles. The van der Waals surface area contributed by atoms with Gasteiger partial charge < -0.3 is 10.5 Å². The summed E-state index contributed by atoms with van der Waals surface area (Å²) in [6, 6.07) is 6.90. The average Bonchev–Trinajstić information content (AvgIpc) is 3.14. The second kappa shape index (κ2) is 6.45. The first kappa shape index (κ1) is 15.1. The third-order valence-corrected chi connectivity index (χ3v) is 4.73. The Bertz CT molecular complexity index is 524. The first-order valence-corrected chi connectivity index (χ1v) is 8.58. The molecule has 0 heterocycles. The molecule has 0 radical (unpaired) electrons. The van der Waals surface area contributed by atoms with Crippen LogP contribution in [0.5, 0.6) is 5.75 Å². The molecule has 112 valence electrons. The van der Waals surface area contributed by atoms with Crippen molar-refractivity contribution in [2.75, 3.05) is 18.1 Å². The van der Waals surface area contributed by atoms with Gasteiger partial charge in [-0.25, -0.2) is 13.1 Å². The number of nitrogen functional groups attached to an aromatic ring is 1. The zero-order valence-corrected chi connectivity index (χ0v) is 12.5. The molecule has 1 aromatic rings. The minimum absolute atomic E-state index is 0.00373. The van der Waals surface area contributed by atoms with E-state index in [1.54, 1.807) is 24.3 Å². The highest BCUT2D eigenvalue weighted by molar-refractivity contribution is 7.89. The monoisotopic (exact) mass is 298 g/mol. The number of hydrogen-bond acceptors (Lipinski definition) is 4. The molecular weight excluding hydrogens is 276 g/mol. The number of benzene rings is 1. The number of nitrogens with one attached hydrogen (secondary N) is 1. The van der Waals surface area contributed by atoms with Crippen LogP contribution in [0.4, 0.5) is 5.69 Å². The molecule has 1 atom stereocenters. The number of hydrogen-bond donors (Lipinski definition) is 2. The number of anilines is 1. The van der Waals surface area contributed by atoms with Gasteiger partial charge in [0.05, 0.1) is 5.75 Å². The first-order chi connectivity index (χ1) is 9.44. The van der Waals surface area contributed by atoms with E-state index in [9.17, 15) is 8.42 Å². The summed E-state index contributed by atoms with van der Waals surface area (Å²) in [6.45, 7) is 2.05. The number of nitrogens with two attached hydrogens (primary N) is 1. The van der Waals surface area contributed by atoms with Gasteiger partial charge in [-0.3, -0.25) is 0 Å². The third kappa shape index (κ3) is 5.38. The van der Waals surface area contributed by atoms with Crippen molar-refractivity contribution in [3.8, 4) is 5.75 Å². The van der Waals surface area contributed by atoms with E-state index in [1.165, 1.54) is 12.8 Å². The Balaban J connectivity index is 1.72. The van der Waals surface area contributed by atoms with Crippen molar-refractivity contribution >= 4 is 15.7 Å². The summed E-state index contributed by atoms with van der Waals surface area (Å²) in [7, 11) is -3.28. The van der Waals surface area contributed by atoms with E-state index >= 15 is 0 Å². The van der Waals surface area contributed by atoms with Crippen molar-refractivity contribution < 1.29 is 13.2 Å². The summed E-state index contributed by atoms with van der Waals surface area (Å²) in [4.78, 5) is 0. The SMILES string of the molecule is CC(CC1CC1)NS(=O)(=O)CCOc1ccc(N)cc1. The maximum absolute atomic E-state index is 11.9. The van der Waals surface area contributed by atoms with Gasteiger partial charge >= 0.3 is 0 Å². The van der Waals surface area contributed by atoms with Gasteiger partial charge in [-0.05, 0) is 43.5 Å². The Morgan fingerprint density at radius 2 is 2.00 bits per heavy atom. The van der Waals surface area contributed by atoms with Crippen molar-refractivity contribution in [2.24, 2.45) is 5.92 Å². The maximum Gasteiger partial charge on any atom is 0.215 e. The van der Waals surface area contributed by atoms with E-state index in [0.29, 0.717) is 17.4 Å². The van der Waals surface area contributed by atoms with Gasteiger partial charge in [0, 0.05) is 11.7 Å². The van der Waals surface area contributed by atoms with Gasteiger partial charge in [-0.2, -0.15) is 0 Å². The molecule has 1 aromatic carbocycles. The van der Waals surface area contributed by atoms with Crippen LogP contribution in [0.1, 0.15) is 26.2 Å². The molecule has 0 saturated heterocycles. The summed E-state index contributed by atoms with van der Waals surface area (Å²) in [5.41, 5.74) is 6.22. The molecular formula is C14H22N2O3S. The third-order valence-electron chi connectivity index (χ3n) is 3.27. The van der Waals surface area contributed by atoms with Crippen LogP contribution in [-0.2, 0) is 10.0 Å². The molecule has 3 N–H and O–H groups in total. The van der Waals surface area contributed by atoms with Crippen molar-refractivity contribution in [1.82, 2.24) is 4.72 Å². The maximum atomic E-state index is 11.9. The van der Waals surface area contributed by atoms with Crippen LogP contribution in [0.3, 0.4) is 0 Å². The van der Waals surface area contributed by atoms with Gasteiger partial charge in [0.2, 0.25) is 10.0 Å². The fourth-order valence-corrected chi connectivity index (χ4v) is 3.23. The van der Waals surface area contributed by atoms with Crippen molar-refractivity contribution in [2.45, 2.75) is 32.2 Å². The minimum Gasteiger partial charge on any atom is -0.492 e. The molecule has 0 amide bonds. The smallest absolute Gasteiger partial charge is 0.215 e. The molecule has 1 aliphatic rings. The lowest BCUT2D eigenvalue weighted by atomic mass is 10.2. The molecule has 0 bridgehead atoms. The molecule has 2 rings (SSSR count). The van der Waals surface area contributed by atoms with E-state index < -0.39 is 10.0 Å². The van der Waals surface area contributed by atoms with Gasteiger partial charge in [0.25, 0.3) is 0 Å². The van der Waals surface area contributed by atoms with Crippen LogP contribution in [0.25, 0.3) is 0 Å². The van der Waals surface area contributed by atoms with Crippen LogP contribution in [-0.4, -0.2) is 26.8 Å². The molecule has 1 fully saturated rings. The molecule has 0 aliphatic heterocycles. The van der Waals surface area contributed by atoms with Gasteiger partial charge in [-0.15, -0.1) is 0 Å². The quantitative estimate of drug-likeness (QED) is 0.716. The molecule has 0 aromatic heterocycles. The molecule has 1 aliphatic carbocycles. The number of sulfonamides is 1. The van der Waals surface area contributed by atoms with E-state index in [0.717, 1.165) is 6.42 Å². The van der Waals surface area contributed by atoms with Crippen molar-refractivity contribution in [3.05, 3.63) is 24.3 Å². The molecule has 20 heavy (non-hydrogen) atoms. The molecule has 0 spiro atoms. The van der Waals surface area contributed by atoms with Crippen LogP contribution in [0.15, 0.2) is 24.3 Å². The standard InChI is InChI=1S/C14H22N2O3S/c1-11(10-12-2-3-12)16-20(17,18)9-8-19-14-6-4-13(15)5-7-14/h4-7,11-12,16H,2-3,8-10,15H2,1H3. The highest BCUT2D eigenvalue weighted by Crippen LogP contribution is 2.33. The van der Waals surface area contributed by atoms with E-state index in [-0.39, 0.29) is 18.4 Å². The lowest BCUT2D eigenvalue weighted by molar-refractivity contribution is 0.340. The Morgan fingerprint density at radius 1 is 1.35 bits per heavy atom. The molecule has 1 unspecified atom stereocenters. The predicted molar refractivity (Wildman–Crippen MR) is 80.1 cm³/mol. The molecule has 6 heteroatoms. The lowest BCUT2D eigenvalue weighted by Gasteiger charge is -2.14. The minimum atomic E-state index is -3.28. The summed E-state index contributed by atoms with van der Waals surface area (Å²) in [5.74, 6) is 1.30. The van der Waals surface area contributed by atoms with Gasteiger partial charge in [-0.1, -0.05) is 12.8 Å². The van der Waals surface area contributed by atoms with Crippen LogP contribution >= 0.6 is 0 Å². The Labute approximate surface area is 120 Å². The fraction of sp³-hybridized carbons (Fsp3) is 0.571. The normalized spacial score (nSPS) is 16.9. The zero-order chi connectivity index (χ0) is 14.6. The fourth-order valence-electron chi connectivity index (χ4n) is 2.10. The van der Waals surface area contributed by atoms with Crippen LogP contribution < -0.4 is 15.2 Å². The zero-order valence-electron chi connectivity index (χ0n) is 11.7. The van der Waals surface area contributed by atoms with E-state index in [1.807, 2.05) is 6.92 Å². The number of rotatable bonds is 8. The average molecular weight is 298 g/mol. The summed E-state index contributed by atoms with van der Waals surface area (Å²) in [5, 5.41) is 0. The van der Waals surface area contributed by atoms with Gasteiger partial charge in [0.1, 0.15) is 12.4 Å². The Morgan fingerprint density at radius 3 is 2.60 bits per heavy atom. The lowest BCUT2D eigenvalue weighted by Crippen LogP contribution is -2.36. The van der Waals surface area contributed by atoms with Crippen molar-refractivity contribution in [3.63, 3.8) is 0 Å². The second-order valence-electron chi connectivity index (χ2n) is 5.43. The first-order valence-electron chi connectivity index (χ1n) is 6.93. The predicted octanol–water partition coefficient (Wildman–Crippen LogP) is 1.76. The van der Waals surface area contributed by atoms with Crippen LogP contribution in [0, 0.1) is 5.92 Å². The summed E-state index contributed by atoms with van der Waals surface area (Å²) < 4.78 is 31.8.